The van der Waals surface area contributed by atoms with Crippen LogP contribution in [0.1, 0.15) is 12.0 Å². The number of anilines is 1. The summed E-state index contributed by atoms with van der Waals surface area (Å²) in [7, 11) is 1.80. The fourth-order valence-electron chi connectivity index (χ4n) is 2.31. The number of benzene rings is 1. The molecule has 2 rings (SSSR count). The third-order valence-corrected chi connectivity index (χ3v) is 3.59. The molecule has 1 saturated heterocycles. The number of rotatable bonds is 4. The zero-order valence-corrected chi connectivity index (χ0v) is 12.3. The zero-order chi connectivity index (χ0) is 15.2. The van der Waals surface area contributed by atoms with Gasteiger partial charge in [0.1, 0.15) is 0 Å². The van der Waals surface area contributed by atoms with Crippen molar-refractivity contribution in [3.05, 3.63) is 29.8 Å². The van der Waals surface area contributed by atoms with Crippen molar-refractivity contribution < 1.29 is 9.59 Å². The summed E-state index contributed by atoms with van der Waals surface area (Å²) in [4.78, 5) is 27.4. The van der Waals surface area contributed by atoms with Crippen molar-refractivity contribution in [2.75, 3.05) is 38.5 Å². The van der Waals surface area contributed by atoms with E-state index in [1.165, 1.54) is 0 Å². The van der Waals surface area contributed by atoms with Gasteiger partial charge in [-0.2, -0.15) is 0 Å². The van der Waals surface area contributed by atoms with Crippen LogP contribution in [0.3, 0.4) is 0 Å². The summed E-state index contributed by atoms with van der Waals surface area (Å²) in [6.07, 6.45) is 0.890. The van der Waals surface area contributed by atoms with Gasteiger partial charge in [-0.05, 0) is 24.1 Å². The average molecular weight is 290 g/mol. The van der Waals surface area contributed by atoms with Crippen LogP contribution in [0.5, 0.6) is 0 Å². The Morgan fingerprint density at radius 2 is 2.00 bits per heavy atom. The first kappa shape index (κ1) is 15.5. The smallest absolute Gasteiger partial charge is 0.238 e. The molecule has 0 spiro atoms. The average Bonchev–Trinajstić information content (AvgIpc) is 2.61. The quantitative estimate of drug-likeness (QED) is 0.833. The molecule has 1 heterocycles. The van der Waals surface area contributed by atoms with Gasteiger partial charge in [0.05, 0.1) is 13.1 Å². The highest BCUT2D eigenvalue weighted by molar-refractivity contribution is 5.92. The van der Waals surface area contributed by atoms with Gasteiger partial charge in [0.2, 0.25) is 11.8 Å². The minimum atomic E-state index is -0.104. The van der Waals surface area contributed by atoms with Crippen LogP contribution >= 0.6 is 0 Å². The molecule has 0 aliphatic carbocycles. The molecule has 3 N–H and O–H groups in total. The molecule has 1 fully saturated rings. The molecule has 114 valence electrons. The van der Waals surface area contributed by atoms with Crippen LogP contribution in [0.25, 0.3) is 0 Å². The molecule has 21 heavy (non-hydrogen) atoms. The van der Waals surface area contributed by atoms with E-state index in [2.05, 4.69) is 5.32 Å². The Hall–Kier alpha value is -1.92. The molecule has 0 atom stereocenters. The summed E-state index contributed by atoms with van der Waals surface area (Å²) in [6.45, 7) is 2.53. The minimum Gasteiger partial charge on any atom is -0.345 e. The van der Waals surface area contributed by atoms with Gasteiger partial charge < -0.3 is 16.0 Å². The molecule has 1 aromatic carbocycles. The first-order chi connectivity index (χ1) is 10.1. The first-order valence-corrected chi connectivity index (χ1v) is 7.13. The van der Waals surface area contributed by atoms with Gasteiger partial charge in [0, 0.05) is 32.4 Å². The molecule has 0 radical (unpaired) electrons. The maximum Gasteiger partial charge on any atom is 0.238 e. The fourth-order valence-corrected chi connectivity index (χ4v) is 2.31. The second kappa shape index (κ2) is 7.19. The van der Waals surface area contributed by atoms with E-state index in [-0.39, 0.29) is 18.4 Å². The topological polar surface area (TPSA) is 78.7 Å². The number of carbonyl (C=O) groups is 2. The Kier molecular flexibility index (Phi) is 5.30. The maximum absolute atomic E-state index is 12.0. The van der Waals surface area contributed by atoms with Crippen molar-refractivity contribution >= 4 is 17.5 Å². The van der Waals surface area contributed by atoms with Crippen LogP contribution in [0.15, 0.2) is 24.3 Å². The van der Waals surface area contributed by atoms with Gasteiger partial charge in [0.25, 0.3) is 0 Å². The van der Waals surface area contributed by atoms with E-state index in [1.807, 2.05) is 29.2 Å². The third-order valence-electron chi connectivity index (χ3n) is 3.59. The number of hydrogen-bond donors (Lipinski definition) is 2. The lowest BCUT2D eigenvalue weighted by Crippen LogP contribution is -2.38. The number of hydrogen-bond acceptors (Lipinski definition) is 4. The van der Waals surface area contributed by atoms with Crippen molar-refractivity contribution in [3.8, 4) is 0 Å². The van der Waals surface area contributed by atoms with Gasteiger partial charge in [-0.25, -0.2) is 0 Å². The molecule has 6 nitrogen and oxygen atoms in total. The van der Waals surface area contributed by atoms with Gasteiger partial charge in [-0.1, -0.05) is 12.1 Å². The maximum atomic E-state index is 12.0. The van der Waals surface area contributed by atoms with Crippen LogP contribution in [-0.2, 0) is 16.1 Å². The molecule has 1 aliphatic heterocycles. The monoisotopic (exact) mass is 290 g/mol. The van der Waals surface area contributed by atoms with Crippen LogP contribution in [0, 0.1) is 0 Å². The highest BCUT2D eigenvalue weighted by Gasteiger charge is 2.20. The molecule has 0 saturated carbocycles. The predicted octanol–water partition coefficient (Wildman–Crippen LogP) is 0.248. The Balaban J connectivity index is 1.87. The molecular weight excluding hydrogens is 268 g/mol. The van der Waals surface area contributed by atoms with Crippen molar-refractivity contribution in [2.45, 2.75) is 13.0 Å². The number of nitrogens with zero attached hydrogens (tertiary/aromatic N) is 2. The zero-order valence-electron chi connectivity index (χ0n) is 12.3. The normalized spacial score (nSPS) is 16.7. The summed E-state index contributed by atoms with van der Waals surface area (Å²) in [5.74, 6) is -0.0412. The van der Waals surface area contributed by atoms with Gasteiger partial charge >= 0.3 is 0 Å². The van der Waals surface area contributed by atoms with E-state index in [0.717, 1.165) is 30.8 Å². The first-order valence-electron chi connectivity index (χ1n) is 7.13. The Labute approximate surface area is 124 Å². The van der Waals surface area contributed by atoms with Gasteiger partial charge in [-0.15, -0.1) is 0 Å². The lowest BCUT2D eigenvalue weighted by molar-refractivity contribution is -0.130. The standard InChI is InChI=1S/C15H22N4O2/c1-18-7-2-8-19(11-15(18)21)10-14(20)17-13-5-3-12(9-16)4-6-13/h3-6H,2,7-11,16H2,1H3,(H,17,20). The minimum absolute atomic E-state index is 0.0626. The van der Waals surface area contributed by atoms with Crippen molar-refractivity contribution in [3.63, 3.8) is 0 Å². The summed E-state index contributed by atoms with van der Waals surface area (Å²) in [5.41, 5.74) is 7.30. The summed E-state index contributed by atoms with van der Waals surface area (Å²) in [6, 6.07) is 7.45. The van der Waals surface area contributed by atoms with Crippen LogP contribution in [-0.4, -0.2) is 54.8 Å². The number of amides is 2. The number of nitrogens with one attached hydrogen (secondary N) is 1. The molecular formula is C15H22N4O2. The van der Waals surface area contributed by atoms with Crippen LogP contribution in [0.4, 0.5) is 5.69 Å². The van der Waals surface area contributed by atoms with Gasteiger partial charge in [0.15, 0.2) is 0 Å². The summed E-state index contributed by atoms with van der Waals surface area (Å²) < 4.78 is 0. The highest BCUT2D eigenvalue weighted by Crippen LogP contribution is 2.09. The molecule has 0 bridgehead atoms. The summed E-state index contributed by atoms with van der Waals surface area (Å²) in [5, 5.41) is 2.84. The van der Waals surface area contributed by atoms with E-state index in [1.54, 1.807) is 11.9 Å². The number of nitrogens with two attached hydrogens (primary N) is 1. The second-order valence-corrected chi connectivity index (χ2v) is 5.33. The Morgan fingerprint density at radius 1 is 1.29 bits per heavy atom. The van der Waals surface area contributed by atoms with E-state index in [9.17, 15) is 9.59 Å². The molecule has 6 heteroatoms. The van der Waals surface area contributed by atoms with E-state index in [0.29, 0.717) is 13.1 Å². The van der Waals surface area contributed by atoms with Crippen LogP contribution in [0.2, 0.25) is 0 Å². The number of carbonyl (C=O) groups excluding carboxylic acids is 2. The van der Waals surface area contributed by atoms with Crippen molar-refractivity contribution in [1.29, 1.82) is 0 Å². The third kappa shape index (κ3) is 4.54. The molecule has 0 unspecified atom stereocenters. The van der Waals surface area contributed by atoms with Crippen LogP contribution < -0.4 is 11.1 Å². The predicted molar refractivity (Wildman–Crippen MR) is 81.7 cm³/mol. The van der Waals surface area contributed by atoms with E-state index < -0.39 is 0 Å². The summed E-state index contributed by atoms with van der Waals surface area (Å²) >= 11 is 0. The van der Waals surface area contributed by atoms with Crippen molar-refractivity contribution in [2.24, 2.45) is 5.73 Å². The molecule has 0 aromatic heterocycles. The van der Waals surface area contributed by atoms with E-state index in [4.69, 9.17) is 5.73 Å². The van der Waals surface area contributed by atoms with Crippen molar-refractivity contribution in [1.82, 2.24) is 9.80 Å². The largest absolute Gasteiger partial charge is 0.345 e. The lowest BCUT2D eigenvalue weighted by atomic mass is 10.2. The van der Waals surface area contributed by atoms with Gasteiger partial charge in [-0.3, -0.25) is 14.5 Å². The number of likely N-dealkylation sites (N-methyl/N-ethyl adjacent to an activating group) is 1. The highest BCUT2D eigenvalue weighted by atomic mass is 16.2. The molecule has 1 aliphatic rings. The SMILES string of the molecule is CN1CCCN(CC(=O)Nc2ccc(CN)cc2)CC1=O. The second-order valence-electron chi connectivity index (χ2n) is 5.33. The molecule has 2 amide bonds. The molecule has 1 aromatic rings. The Morgan fingerprint density at radius 3 is 2.67 bits per heavy atom. The Bertz CT molecular complexity index is 501. The fraction of sp³-hybridized carbons (Fsp3) is 0.467. The van der Waals surface area contributed by atoms with E-state index >= 15 is 0 Å². The lowest BCUT2D eigenvalue weighted by Gasteiger charge is -2.18.